The molecule has 4 heteroatoms. The number of hydrogen-bond donors (Lipinski definition) is 1. The second-order valence-electron chi connectivity index (χ2n) is 3.40. The maximum Gasteiger partial charge on any atom is 0.122 e. The van der Waals surface area contributed by atoms with Gasteiger partial charge in [0.05, 0.1) is 12.7 Å². The standard InChI is InChI=1S/C12H15ClN2O/c13-11-3-4-12(10(9-11)5-7-15)16-8-2-1-6-14/h3-4,9H,1-2,5,7-8,15H2. The maximum atomic E-state index is 8.40. The van der Waals surface area contributed by atoms with Crippen molar-refractivity contribution in [3.63, 3.8) is 0 Å². The Morgan fingerprint density at radius 1 is 1.44 bits per heavy atom. The summed E-state index contributed by atoms with van der Waals surface area (Å²) >= 11 is 5.90. The Morgan fingerprint density at radius 3 is 2.94 bits per heavy atom. The lowest BCUT2D eigenvalue weighted by atomic mass is 10.1. The molecule has 0 aliphatic heterocycles. The van der Waals surface area contributed by atoms with Crippen molar-refractivity contribution in [2.45, 2.75) is 19.3 Å². The molecule has 0 radical (unpaired) electrons. The molecule has 0 bridgehead atoms. The number of unbranched alkanes of at least 4 members (excludes halogenated alkanes) is 1. The number of ether oxygens (including phenoxy) is 1. The minimum Gasteiger partial charge on any atom is -0.493 e. The van der Waals surface area contributed by atoms with Crippen LogP contribution < -0.4 is 10.5 Å². The van der Waals surface area contributed by atoms with Gasteiger partial charge in [0, 0.05) is 11.4 Å². The molecule has 86 valence electrons. The van der Waals surface area contributed by atoms with E-state index in [1.807, 2.05) is 12.1 Å². The quantitative estimate of drug-likeness (QED) is 0.775. The molecule has 0 saturated carbocycles. The number of halogens is 1. The van der Waals surface area contributed by atoms with Crippen LogP contribution in [0.15, 0.2) is 18.2 Å². The zero-order valence-electron chi connectivity index (χ0n) is 9.08. The normalized spacial score (nSPS) is 9.81. The van der Waals surface area contributed by atoms with E-state index < -0.39 is 0 Å². The number of nitrogens with two attached hydrogens (primary N) is 1. The van der Waals surface area contributed by atoms with Crippen molar-refractivity contribution in [2.75, 3.05) is 13.2 Å². The summed E-state index contributed by atoms with van der Waals surface area (Å²) in [5.41, 5.74) is 6.53. The Labute approximate surface area is 101 Å². The van der Waals surface area contributed by atoms with Gasteiger partial charge in [0.25, 0.3) is 0 Å². The van der Waals surface area contributed by atoms with E-state index in [0.29, 0.717) is 24.6 Å². The van der Waals surface area contributed by atoms with E-state index in [2.05, 4.69) is 6.07 Å². The van der Waals surface area contributed by atoms with Gasteiger partial charge in [0.2, 0.25) is 0 Å². The second-order valence-corrected chi connectivity index (χ2v) is 3.84. The molecule has 0 unspecified atom stereocenters. The van der Waals surface area contributed by atoms with Crippen molar-refractivity contribution in [3.8, 4) is 11.8 Å². The fourth-order valence-corrected chi connectivity index (χ4v) is 1.57. The first-order chi connectivity index (χ1) is 7.77. The first-order valence-corrected chi connectivity index (χ1v) is 5.64. The van der Waals surface area contributed by atoms with E-state index in [-0.39, 0.29) is 0 Å². The lowest BCUT2D eigenvalue weighted by Gasteiger charge is -2.10. The van der Waals surface area contributed by atoms with Crippen molar-refractivity contribution in [1.29, 1.82) is 5.26 Å². The zero-order valence-corrected chi connectivity index (χ0v) is 9.83. The minimum atomic E-state index is 0.514. The topological polar surface area (TPSA) is 59.0 Å². The van der Waals surface area contributed by atoms with E-state index in [1.54, 1.807) is 6.07 Å². The fraction of sp³-hybridized carbons (Fsp3) is 0.417. The molecule has 2 N–H and O–H groups in total. The SMILES string of the molecule is N#CCCCOc1ccc(Cl)cc1CCN. The molecule has 0 aromatic heterocycles. The highest BCUT2D eigenvalue weighted by molar-refractivity contribution is 6.30. The van der Waals surface area contributed by atoms with Crippen LogP contribution in [-0.2, 0) is 6.42 Å². The molecular formula is C12H15ClN2O. The molecule has 3 nitrogen and oxygen atoms in total. The monoisotopic (exact) mass is 238 g/mol. The predicted molar refractivity (Wildman–Crippen MR) is 64.6 cm³/mol. The van der Waals surface area contributed by atoms with Gasteiger partial charge in [-0.3, -0.25) is 0 Å². The van der Waals surface area contributed by atoms with E-state index in [0.717, 1.165) is 24.2 Å². The van der Waals surface area contributed by atoms with Crippen LogP contribution in [-0.4, -0.2) is 13.2 Å². The van der Waals surface area contributed by atoms with Gasteiger partial charge in [0.15, 0.2) is 0 Å². The fourth-order valence-electron chi connectivity index (χ4n) is 1.37. The van der Waals surface area contributed by atoms with Crippen LogP contribution in [0, 0.1) is 11.3 Å². The van der Waals surface area contributed by atoms with Crippen LogP contribution in [0.2, 0.25) is 5.02 Å². The summed E-state index contributed by atoms with van der Waals surface area (Å²) in [7, 11) is 0. The lowest BCUT2D eigenvalue weighted by Crippen LogP contribution is -2.06. The molecule has 0 heterocycles. The van der Waals surface area contributed by atoms with Crippen LogP contribution in [0.3, 0.4) is 0 Å². The Hall–Kier alpha value is -1.24. The summed E-state index contributed by atoms with van der Waals surface area (Å²) in [4.78, 5) is 0. The highest BCUT2D eigenvalue weighted by Crippen LogP contribution is 2.23. The molecule has 1 aromatic rings. The number of nitrogens with zero attached hydrogens (tertiary/aromatic N) is 1. The number of hydrogen-bond acceptors (Lipinski definition) is 3. The molecule has 0 saturated heterocycles. The largest absolute Gasteiger partial charge is 0.493 e. The number of rotatable bonds is 6. The van der Waals surface area contributed by atoms with Gasteiger partial charge < -0.3 is 10.5 Å². The Bertz CT molecular complexity index is 374. The summed E-state index contributed by atoms with van der Waals surface area (Å²) in [6.07, 6.45) is 2.00. The van der Waals surface area contributed by atoms with Gasteiger partial charge in [-0.05, 0) is 43.1 Å². The summed E-state index contributed by atoms with van der Waals surface area (Å²) < 4.78 is 5.58. The van der Waals surface area contributed by atoms with Gasteiger partial charge in [-0.1, -0.05) is 11.6 Å². The summed E-state index contributed by atoms with van der Waals surface area (Å²) in [5.74, 6) is 0.813. The first-order valence-electron chi connectivity index (χ1n) is 5.26. The van der Waals surface area contributed by atoms with Crippen molar-refractivity contribution in [2.24, 2.45) is 5.73 Å². The van der Waals surface area contributed by atoms with Crippen molar-refractivity contribution >= 4 is 11.6 Å². The van der Waals surface area contributed by atoms with Gasteiger partial charge in [-0.15, -0.1) is 0 Å². The molecule has 0 aliphatic rings. The first kappa shape index (κ1) is 12.8. The van der Waals surface area contributed by atoms with Crippen molar-refractivity contribution in [3.05, 3.63) is 28.8 Å². The third-order valence-electron chi connectivity index (χ3n) is 2.13. The third-order valence-corrected chi connectivity index (χ3v) is 2.36. The highest BCUT2D eigenvalue weighted by Gasteiger charge is 2.03. The summed E-state index contributed by atoms with van der Waals surface area (Å²) in [6.45, 7) is 1.11. The molecule has 0 atom stereocenters. The van der Waals surface area contributed by atoms with E-state index >= 15 is 0 Å². The van der Waals surface area contributed by atoms with Crippen molar-refractivity contribution < 1.29 is 4.74 Å². The summed E-state index contributed by atoms with van der Waals surface area (Å²) in [5, 5.41) is 9.09. The lowest BCUT2D eigenvalue weighted by molar-refractivity contribution is 0.309. The Morgan fingerprint density at radius 2 is 2.25 bits per heavy atom. The van der Waals surface area contributed by atoms with Gasteiger partial charge in [0.1, 0.15) is 5.75 Å². The Kier molecular flexibility index (Phi) is 5.69. The molecule has 0 fully saturated rings. The van der Waals surface area contributed by atoms with Gasteiger partial charge >= 0.3 is 0 Å². The van der Waals surface area contributed by atoms with Crippen LogP contribution in [0.5, 0.6) is 5.75 Å². The van der Waals surface area contributed by atoms with E-state index in [4.69, 9.17) is 27.3 Å². The number of benzene rings is 1. The van der Waals surface area contributed by atoms with E-state index in [9.17, 15) is 0 Å². The molecular weight excluding hydrogens is 224 g/mol. The highest BCUT2D eigenvalue weighted by atomic mass is 35.5. The number of nitriles is 1. The molecule has 0 spiro atoms. The van der Waals surface area contributed by atoms with Gasteiger partial charge in [-0.2, -0.15) is 5.26 Å². The molecule has 0 aliphatic carbocycles. The zero-order chi connectivity index (χ0) is 11.8. The van der Waals surface area contributed by atoms with Crippen LogP contribution >= 0.6 is 11.6 Å². The van der Waals surface area contributed by atoms with Crippen LogP contribution in [0.25, 0.3) is 0 Å². The predicted octanol–water partition coefficient (Wildman–Crippen LogP) is 2.52. The Balaban J connectivity index is 2.60. The third kappa shape index (κ3) is 4.09. The average molecular weight is 239 g/mol. The molecule has 0 amide bonds. The summed E-state index contributed by atoms with van der Waals surface area (Å²) in [6, 6.07) is 7.59. The second kappa shape index (κ2) is 7.10. The molecule has 1 rings (SSSR count). The van der Waals surface area contributed by atoms with Crippen LogP contribution in [0.1, 0.15) is 18.4 Å². The van der Waals surface area contributed by atoms with E-state index in [1.165, 1.54) is 0 Å². The van der Waals surface area contributed by atoms with Crippen LogP contribution in [0.4, 0.5) is 0 Å². The van der Waals surface area contributed by atoms with Crippen molar-refractivity contribution in [1.82, 2.24) is 0 Å². The minimum absolute atomic E-state index is 0.514. The molecule has 16 heavy (non-hydrogen) atoms. The smallest absolute Gasteiger partial charge is 0.122 e. The maximum absolute atomic E-state index is 8.40. The average Bonchev–Trinajstić information content (AvgIpc) is 2.27. The molecule has 1 aromatic carbocycles. The van der Waals surface area contributed by atoms with Gasteiger partial charge in [-0.25, -0.2) is 0 Å².